The van der Waals surface area contributed by atoms with E-state index in [9.17, 15) is 14.4 Å². The summed E-state index contributed by atoms with van der Waals surface area (Å²) >= 11 is 0. The van der Waals surface area contributed by atoms with Crippen LogP contribution < -0.4 is 0 Å². The van der Waals surface area contributed by atoms with Gasteiger partial charge in [0.1, 0.15) is 13.2 Å². The molecule has 0 saturated heterocycles. The van der Waals surface area contributed by atoms with Crippen molar-refractivity contribution in [2.24, 2.45) is 0 Å². The second-order valence-corrected chi connectivity index (χ2v) is 15.6. The molecule has 0 heterocycles. The van der Waals surface area contributed by atoms with Crippen LogP contribution in [0.15, 0.2) is 60.8 Å². The Labute approximate surface area is 351 Å². The molecule has 1 unspecified atom stereocenters. The molecule has 0 aliphatic heterocycles. The summed E-state index contributed by atoms with van der Waals surface area (Å²) in [7, 11) is 0. The Kier molecular flexibility index (Phi) is 43.5. The van der Waals surface area contributed by atoms with Crippen molar-refractivity contribution in [1.82, 2.24) is 0 Å². The number of rotatable bonds is 42. The minimum atomic E-state index is -0.808. The highest BCUT2D eigenvalue weighted by molar-refractivity contribution is 5.71. The molecule has 0 aromatic carbocycles. The Morgan fingerprint density at radius 2 is 0.702 bits per heavy atom. The van der Waals surface area contributed by atoms with Gasteiger partial charge in [0.15, 0.2) is 6.10 Å². The number of esters is 3. The van der Waals surface area contributed by atoms with Gasteiger partial charge >= 0.3 is 17.9 Å². The van der Waals surface area contributed by atoms with Crippen LogP contribution in [0.2, 0.25) is 0 Å². The summed E-state index contributed by atoms with van der Waals surface area (Å²) in [6.07, 6.45) is 55.3. The Balaban J connectivity index is 4.30. The number of carbonyl (C=O) groups is 3. The number of allylic oxidation sites excluding steroid dienone is 10. The van der Waals surface area contributed by atoms with Crippen LogP contribution in [0.1, 0.15) is 226 Å². The van der Waals surface area contributed by atoms with E-state index in [4.69, 9.17) is 14.2 Å². The minimum Gasteiger partial charge on any atom is -0.462 e. The van der Waals surface area contributed by atoms with Crippen molar-refractivity contribution in [1.29, 1.82) is 0 Å². The zero-order valence-electron chi connectivity index (χ0n) is 37.3. The fourth-order valence-corrected chi connectivity index (χ4v) is 6.50. The summed E-state index contributed by atoms with van der Waals surface area (Å²) in [5.41, 5.74) is 0. The van der Waals surface area contributed by atoms with E-state index in [1.54, 1.807) is 0 Å². The quantitative estimate of drug-likeness (QED) is 0.0265. The fourth-order valence-electron chi connectivity index (χ4n) is 6.50. The van der Waals surface area contributed by atoms with E-state index in [-0.39, 0.29) is 37.5 Å². The van der Waals surface area contributed by atoms with Crippen LogP contribution >= 0.6 is 0 Å². The first-order valence-corrected chi connectivity index (χ1v) is 23.8. The molecular formula is C51H88O6. The highest BCUT2D eigenvalue weighted by Gasteiger charge is 2.19. The molecule has 0 amide bonds. The summed E-state index contributed by atoms with van der Waals surface area (Å²) in [6, 6.07) is 0. The molecule has 0 aromatic rings. The van der Waals surface area contributed by atoms with Crippen LogP contribution in [0.4, 0.5) is 0 Å². The highest BCUT2D eigenvalue weighted by Crippen LogP contribution is 2.15. The molecule has 6 nitrogen and oxygen atoms in total. The van der Waals surface area contributed by atoms with Crippen molar-refractivity contribution in [3.8, 4) is 0 Å². The molecule has 328 valence electrons. The van der Waals surface area contributed by atoms with Crippen LogP contribution in [0.25, 0.3) is 0 Å². The van der Waals surface area contributed by atoms with Gasteiger partial charge in [0.25, 0.3) is 0 Å². The maximum Gasteiger partial charge on any atom is 0.306 e. The van der Waals surface area contributed by atoms with Crippen LogP contribution in [-0.2, 0) is 28.6 Å². The Bertz CT molecular complexity index is 1050. The summed E-state index contributed by atoms with van der Waals surface area (Å²) in [4.78, 5) is 37.7. The molecule has 0 rings (SSSR count). The van der Waals surface area contributed by atoms with Crippen molar-refractivity contribution < 1.29 is 28.6 Å². The second-order valence-electron chi connectivity index (χ2n) is 15.6. The number of hydrogen-bond donors (Lipinski definition) is 0. The van der Waals surface area contributed by atoms with Gasteiger partial charge < -0.3 is 14.2 Å². The van der Waals surface area contributed by atoms with Gasteiger partial charge in [0, 0.05) is 19.3 Å². The SMILES string of the molecule is CC/C=C\C/C=C\C/C=C\CCCC(=O)OC(COC(=O)CCCC/C=C\C/C=C\CC)COC(=O)CCCCCCCCCCCCCCCCCCCCC. The lowest BCUT2D eigenvalue weighted by molar-refractivity contribution is -0.167. The summed E-state index contributed by atoms with van der Waals surface area (Å²) in [6.45, 7) is 6.32. The standard InChI is InChI=1S/C51H88O6/c1-4-7-10-13-16-19-21-22-23-24-25-26-27-28-30-32-35-38-41-44-50(53)56-47-48(46-55-49(52)43-40-37-34-31-18-15-12-9-6-3)57-51(54)45-42-39-36-33-29-20-17-14-11-8-5-2/h8-9,11-12,17-18,20,31,33,36,48H,4-7,10,13-16,19,21-30,32,34-35,37-47H2,1-3H3/b11-8-,12-9-,20-17-,31-18-,36-33-. The van der Waals surface area contributed by atoms with Crippen LogP contribution in [0.5, 0.6) is 0 Å². The van der Waals surface area contributed by atoms with Gasteiger partial charge in [0.05, 0.1) is 0 Å². The first-order chi connectivity index (χ1) is 28.0. The van der Waals surface area contributed by atoms with E-state index in [2.05, 4.69) is 81.5 Å². The zero-order chi connectivity index (χ0) is 41.5. The van der Waals surface area contributed by atoms with E-state index in [0.717, 1.165) is 77.0 Å². The van der Waals surface area contributed by atoms with E-state index in [0.29, 0.717) is 19.3 Å². The van der Waals surface area contributed by atoms with Gasteiger partial charge in [-0.3, -0.25) is 14.4 Å². The van der Waals surface area contributed by atoms with Crippen molar-refractivity contribution in [3.05, 3.63) is 60.8 Å². The normalized spacial score (nSPS) is 12.5. The average molecular weight is 797 g/mol. The van der Waals surface area contributed by atoms with Crippen LogP contribution in [0, 0.1) is 0 Å². The van der Waals surface area contributed by atoms with Gasteiger partial charge in [0.2, 0.25) is 0 Å². The number of ether oxygens (including phenoxy) is 3. The third kappa shape index (κ3) is 44.1. The van der Waals surface area contributed by atoms with Crippen molar-refractivity contribution in [3.63, 3.8) is 0 Å². The summed E-state index contributed by atoms with van der Waals surface area (Å²) < 4.78 is 16.6. The molecule has 0 spiro atoms. The molecule has 6 heteroatoms. The van der Waals surface area contributed by atoms with Gasteiger partial charge in [-0.2, -0.15) is 0 Å². The highest BCUT2D eigenvalue weighted by atomic mass is 16.6. The first-order valence-electron chi connectivity index (χ1n) is 23.8. The predicted octanol–water partition coefficient (Wildman–Crippen LogP) is 15.3. The molecule has 1 atom stereocenters. The monoisotopic (exact) mass is 797 g/mol. The Morgan fingerprint density at radius 3 is 1.12 bits per heavy atom. The smallest absolute Gasteiger partial charge is 0.306 e. The summed E-state index contributed by atoms with van der Waals surface area (Å²) in [5, 5.41) is 0. The average Bonchev–Trinajstić information content (AvgIpc) is 3.21. The van der Waals surface area contributed by atoms with E-state index >= 15 is 0 Å². The lowest BCUT2D eigenvalue weighted by Crippen LogP contribution is -2.30. The lowest BCUT2D eigenvalue weighted by atomic mass is 10.0. The summed E-state index contributed by atoms with van der Waals surface area (Å²) in [5.74, 6) is -0.998. The number of unbranched alkanes of at least 4 members (excludes halogenated alkanes) is 21. The van der Waals surface area contributed by atoms with Gasteiger partial charge in [-0.05, 0) is 70.6 Å². The Hall–Kier alpha value is -2.89. The number of carbonyl (C=O) groups excluding carboxylic acids is 3. The van der Waals surface area contributed by atoms with Crippen molar-refractivity contribution in [2.75, 3.05) is 13.2 Å². The lowest BCUT2D eigenvalue weighted by Gasteiger charge is -2.18. The van der Waals surface area contributed by atoms with Crippen molar-refractivity contribution >= 4 is 17.9 Å². The zero-order valence-corrected chi connectivity index (χ0v) is 37.3. The van der Waals surface area contributed by atoms with Gasteiger partial charge in [-0.1, -0.05) is 197 Å². The predicted molar refractivity (Wildman–Crippen MR) is 242 cm³/mol. The second kappa shape index (κ2) is 45.8. The number of hydrogen-bond acceptors (Lipinski definition) is 6. The van der Waals surface area contributed by atoms with E-state index in [1.165, 1.54) is 103 Å². The maximum atomic E-state index is 12.7. The molecule has 0 saturated carbocycles. The molecule has 57 heavy (non-hydrogen) atoms. The minimum absolute atomic E-state index is 0.103. The maximum absolute atomic E-state index is 12.7. The van der Waals surface area contributed by atoms with Gasteiger partial charge in [-0.15, -0.1) is 0 Å². The van der Waals surface area contributed by atoms with Crippen LogP contribution in [0.3, 0.4) is 0 Å². The largest absolute Gasteiger partial charge is 0.462 e. The molecule has 0 N–H and O–H groups in total. The fraction of sp³-hybridized carbons (Fsp3) is 0.745. The van der Waals surface area contributed by atoms with Crippen molar-refractivity contribution in [2.45, 2.75) is 232 Å². The molecule has 0 fully saturated rings. The molecule has 0 radical (unpaired) electrons. The molecule has 0 bridgehead atoms. The topological polar surface area (TPSA) is 78.9 Å². The molecule has 0 aliphatic rings. The third-order valence-corrected chi connectivity index (χ3v) is 10.0. The van der Waals surface area contributed by atoms with E-state index in [1.807, 2.05) is 0 Å². The Morgan fingerprint density at radius 1 is 0.368 bits per heavy atom. The van der Waals surface area contributed by atoms with E-state index < -0.39 is 6.10 Å². The van der Waals surface area contributed by atoms with Gasteiger partial charge in [-0.25, -0.2) is 0 Å². The third-order valence-electron chi connectivity index (χ3n) is 10.0. The molecule has 0 aliphatic carbocycles. The van der Waals surface area contributed by atoms with Crippen LogP contribution in [-0.4, -0.2) is 37.2 Å². The molecular weight excluding hydrogens is 709 g/mol. The molecule has 0 aromatic heterocycles. The first kappa shape index (κ1) is 54.1.